The summed E-state index contributed by atoms with van der Waals surface area (Å²) in [5.41, 5.74) is 0.343. The zero-order valence-corrected chi connectivity index (χ0v) is 10.0. The van der Waals surface area contributed by atoms with E-state index in [0.717, 1.165) is 31.2 Å². The summed E-state index contributed by atoms with van der Waals surface area (Å²) >= 11 is 5.64. The lowest BCUT2D eigenvalue weighted by Gasteiger charge is -2.27. The Kier molecular flexibility index (Phi) is 5.13. The molecule has 1 rings (SSSR count). The van der Waals surface area contributed by atoms with Crippen molar-refractivity contribution < 1.29 is 5.11 Å². The van der Waals surface area contributed by atoms with Crippen LogP contribution in [0.2, 0.25) is 0 Å². The molecule has 0 bridgehead atoms. The Labute approximate surface area is 97.1 Å². The monoisotopic (exact) mass is 226 g/mol. The molecule has 0 saturated heterocycles. The second-order valence-corrected chi connectivity index (χ2v) is 4.28. The molecule has 1 atom stereocenters. The van der Waals surface area contributed by atoms with E-state index in [0.29, 0.717) is 5.88 Å². The molecule has 0 heterocycles. The fourth-order valence-electron chi connectivity index (χ4n) is 1.79. The molecular formula is C13H19ClO. The number of hydrogen-bond acceptors (Lipinski definition) is 1. The van der Waals surface area contributed by atoms with Gasteiger partial charge in [-0.1, -0.05) is 37.3 Å². The van der Waals surface area contributed by atoms with Crippen LogP contribution in [0.5, 0.6) is 0 Å². The summed E-state index contributed by atoms with van der Waals surface area (Å²) in [4.78, 5) is 0. The highest BCUT2D eigenvalue weighted by Crippen LogP contribution is 2.30. The van der Waals surface area contributed by atoms with Crippen LogP contribution in [0.15, 0.2) is 30.3 Å². The average Bonchev–Trinajstić information content (AvgIpc) is 2.30. The van der Waals surface area contributed by atoms with Gasteiger partial charge in [0.05, 0.1) is 5.60 Å². The van der Waals surface area contributed by atoms with Crippen LogP contribution in [0.25, 0.3) is 0 Å². The van der Waals surface area contributed by atoms with Gasteiger partial charge in [-0.25, -0.2) is 0 Å². The first-order valence-electron chi connectivity index (χ1n) is 5.57. The summed E-state index contributed by atoms with van der Waals surface area (Å²) in [5, 5.41) is 10.5. The highest BCUT2D eigenvalue weighted by molar-refractivity contribution is 6.17. The number of benzene rings is 1. The second-order valence-electron chi connectivity index (χ2n) is 3.90. The first kappa shape index (κ1) is 12.5. The lowest BCUT2D eigenvalue weighted by Crippen LogP contribution is -2.24. The number of rotatable bonds is 6. The Morgan fingerprint density at radius 3 is 2.40 bits per heavy atom. The summed E-state index contributed by atoms with van der Waals surface area (Å²) in [7, 11) is 0. The third-order valence-corrected chi connectivity index (χ3v) is 3.14. The quantitative estimate of drug-likeness (QED) is 0.580. The molecule has 0 aliphatic carbocycles. The average molecular weight is 227 g/mol. The van der Waals surface area contributed by atoms with Crippen LogP contribution >= 0.6 is 11.6 Å². The third-order valence-electron chi connectivity index (χ3n) is 2.87. The van der Waals surface area contributed by atoms with Crippen molar-refractivity contribution >= 4 is 11.6 Å². The summed E-state index contributed by atoms with van der Waals surface area (Å²) in [6, 6.07) is 9.89. The van der Waals surface area contributed by atoms with Crippen LogP contribution < -0.4 is 0 Å². The standard InChI is InChI=1S/C13H19ClO/c1-2-13(15,10-6-7-11-14)12-8-4-3-5-9-12/h3-5,8-9,15H,2,6-7,10-11H2,1H3/t13-/m1/s1. The van der Waals surface area contributed by atoms with E-state index >= 15 is 0 Å². The minimum atomic E-state index is -0.673. The van der Waals surface area contributed by atoms with Crippen molar-refractivity contribution in [3.63, 3.8) is 0 Å². The predicted molar refractivity (Wildman–Crippen MR) is 65.2 cm³/mol. The van der Waals surface area contributed by atoms with Crippen molar-refractivity contribution in [1.82, 2.24) is 0 Å². The number of alkyl halides is 1. The van der Waals surface area contributed by atoms with Gasteiger partial charge in [-0.2, -0.15) is 0 Å². The lowest BCUT2D eigenvalue weighted by molar-refractivity contribution is 0.0212. The highest BCUT2D eigenvalue weighted by atomic mass is 35.5. The van der Waals surface area contributed by atoms with Gasteiger partial charge in [-0.15, -0.1) is 11.6 Å². The maximum atomic E-state index is 10.5. The van der Waals surface area contributed by atoms with E-state index in [9.17, 15) is 5.11 Å². The molecule has 0 radical (unpaired) electrons. The summed E-state index contributed by atoms with van der Waals surface area (Å²) in [6.07, 6.45) is 3.49. The van der Waals surface area contributed by atoms with Crippen molar-refractivity contribution in [3.05, 3.63) is 35.9 Å². The summed E-state index contributed by atoms with van der Waals surface area (Å²) in [6.45, 7) is 2.02. The first-order valence-corrected chi connectivity index (χ1v) is 6.10. The van der Waals surface area contributed by atoms with Gasteiger partial charge in [0.2, 0.25) is 0 Å². The molecule has 84 valence electrons. The van der Waals surface area contributed by atoms with Gasteiger partial charge in [-0.05, 0) is 31.2 Å². The molecule has 1 aromatic rings. The van der Waals surface area contributed by atoms with E-state index in [-0.39, 0.29) is 0 Å². The van der Waals surface area contributed by atoms with Crippen molar-refractivity contribution in [2.75, 3.05) is 5.88 Å². The smallest absolute Gasteiger partial charge is 0.0894 e. The topological polar surface area (TPSA) is 20.2 Å². The number of halogens is 1. The van der Waals surface area contributed by atoms with Crippen LogP contribution in [0.3, 0.4) is 0 Å². The Morgan fingerprint density at radius 2 is 1.87 bits per heavy atom. The third kappa shape index (κ3) is 3.51. The molecule has 0 aromatic heterocycles. The first-order chi connectivity index (χ1) is 7.23. The highest BCUT2D eigenvalue weighted by Gasteiger charge is 2.25. The minimum absolute atomic E-state index is 0.673. The van der Waals surface area contributed by atoms with Gasteiger partial charge in [0.25, 0.3) is 0 Å². The normalized spacial score (nSPS) is 14.9. The summed E-state index contributed by atoms with van der Waals surface area (Å²) < 4.78 is 0. The van der Waals surface area contributed by atoms with E-state index in [2.05, 4.69) is 0 Å². The molecule has 1 N–H and O–H groups in total. The number of aliphatic hydroxyl groups is 1. The molecule has 1 nitrogen and oxygen atoms in total. The Morgan fingerprint density at radius 1 is 1.20 bits per heavy atom. The van der Waals surface area contributed by atoms with Gasteiger partial charge >= 0.3 is 0 Å². The van der Waals surface area contributed by atoms with Crippen molar-refractivity contribution in [2.45, 2.75) is 38.2 Å². The van der Waals surface area contributed by atoms with Crippen LogP contribution in [-0.4, -0.2) is 11.0 Å². The van der Waals surface area contributed by atoms with Gasteiger partial charge in [0.15, 0.2) is 0 Å². The van der Waals surface area contributed by atoms with Crippen LogP contribution in [-0.2, 0) is 5.60 Å². The maximum Gasteiger partial charge on any atom is 0.0894 e. The predicted octanol–water partition coefficient (Wildman–Crippen LogP) is 3.69. The molecule has 0 aliphatic heterocycles. The van der Waals surface area contributed by atoms with E-state index in [1.807, 2.05) is 37.3 Å². The van der Waals surface area contributed by atoms with Gasteiger partial charge in [0.1, 0.15) is 0 Å². The van der Waals surface area contributed by atoms with Crippen molar-refractivity contribution in [3.8, 4) is 0 Å². The number of hydrogen-bond donors (Lipinski definition) is 1. The molecular weight excluding hydrogens is 208 g/mol. The fraction of sp³-hybridized carbons (Fsp3) is 0.538. The Hall–Kier alpha value is -0.530. The van der Waals surface area contributed by atoms with Crippen LogP contribution in [0.4, 0.5) is 0 Å². The number of unbranched alkanes of at least 4 members (excludes halogenated alkanes) is 1. The molecule has 0 amide bonds. The van der Waals surface area contributed by atoms with Crippen molar-refractivity contribution in [2.24, 2.45) is 0 Å². The molecule has 0 spiro atoms. The molecule has 0 saturated carbocycles. The summed E-state index contributed by atoms with van der Waals surface area (Å²) in [5.74, 6) is 0.675. The van der Waals surface area contributed by atoms with Gasteiger partial charge < -0.3 is 5.11 Å². The molecule has 0 aliphatic rings. The van der Waals surface area contributed by atoms with E-state index in [4.69, 9.17) is 11.6 Å². The Bertz CT molecular complexity index is 273. The molecule has 1 aromatic carbocycles. The minimum Gasteiger partial charge on any atom is -0.385 e. The lowest BCUT2D eigenvalue weighted by atomic mass is 9.86. The van der Waals surface area contributed by atoms with Crippen LogP contribution in [0.1, 0.15) is 38.2 Å². The van der Waals surface area contributed by atoms with Gasteiger partial charge in [-0.3, -0.25) is 0 Å². The fourth-order valence-corrected chi connectivity index (χ4v) is 1.97. The molecule has 0 unspecified atom stereocenters. The maximum absolute atomic E-state index is 10.5. The second kappa shape index (κ2) is 6.14. The Balaban J connectivity index is 2.67. The van der Waals surface area contributed by atoms with Gasteiger partial charge in [0, 0.05) is 5.88 Å². The zero-order chi connectivity index (χ0) is 11.1. The van der Waals surface area contributed by atoms with Crippen molar-refractivity contribution in [1.29, 1.82) is 0 Å². The zero-order valence-electron chi connectivity index (χ0n) is 9.25. The van der Waals surface area contributed by atoms with Crippen LogP contribution in [0, 0.1) is 0 Å². The largest absolute Gasteiger partial charge is 0.385 e. The molecule has 2 heteroatoms. The molecule has 0 fully saturated rings. The molecule has 15 heavy (non-hydrogen) atoms. The van der Waals surface area contributed by atoms with E-state index < -0.39 is 5.60 Å². The SMILES string of the molecule is CC[C@@](O)(CCCCCl)c1ccccc1. The van der Waals surface area contributed by atoms with E-state index in [1.54, 1.807) is 0 Å². The van der Waals surface area contributed by atoms with E-state index in [1.165, 1.54) is 0 Å².